The van der Waals surface area contributed by atoms with Crippen molar-refractivity contribution in [2.45, 2.75) is 31.5 Å². The zero-order valence-electron chi connectivity index (χ0n) is 19.7. The largest absolute Gasteiger partial charge is 0.484 e. The van der Waals surface area contributed by atoms with Crippen LogP contribution in [0.25, 0.3) is 11.0 Å². The number of para-hydroxylation sites is 1. The molecule has 3 heterocycles. The number of hydrogen-bond donors (Lipinski definition) is 1. The molecule has 1 N–H and O–H groups in total. The van der Waals surface area contributed by atoms with Crippen LogP contribution in [-0.4, -0.2) is 45.3 Å². The lowest BCUT2D eigenvalue weighted by Gasteiger charge is -2.28. The van der Waals surface area contributed by atoms with Gasteiger partial charge in [0.25, 0.3) is 0 Å². The van der Waals surface area contributed by atoms with Crippen LogP contribution in [0.5, 0.6) is 5.75 Å². The molecule has 2 aliphatic heterocycles. The number of amides is 1. The molecule has 184 valence electrons. The van der Waals surface area contributed by atoms with Crippen LogP contribution in [-0.2, 0) is 11.3 Å². The lowest BCUT2D eigenvalue weighted by molar-refractivity contribution is -0.133. The van der Waals surface area contributed by atoms with Gasteiger partial charge in [-0.3, -0.25) is 9.69 Å². The van der Waals surface area contributed by atoms with Crippen LogP contribution >= 0.6 is 0 Å². The minimum Gasteiger partial charge on any atom is -0.484 e. The van der Waals surface area contributed by atoms with E-state index in [0.717, 1.165) is 18.4 Å². The van der Waals surface area contributed by atoms with E-state index in [4.69, 9.17) is 4.74 Å². The Bertz CT molecular complexity index is 1420. The van der Waals surface area contributed by atoms with Gasteiger partial charge in [-0.05, 0) is 43.2 Å². The number of hydrogen-bond acceptors (Lipinski definition) is 4. The summed E-state index contributed by atoms with van der Waals surface area (Å²) >= 11 is 0. The number of aromatic amines is 1. The second-order valence-corrected chi connectivity index (χ2v) is 9.43. The van der Waals surface area contributed by atoms with Crippen LogP contribution in [0.2, 0.25) is 0 Å². The molecule has 2 aliphatic rings. The predicted octanol–water partition coefficient (Wildman–Crippen LogP) is 5.14. The molecule has 1 saturated heterocycles. The molecule has 3 aromatic carbocycles. The molecule has 0 bridgehead atoms. The molecular weight excluding hydrogens is 462 g/mol. The number of likely N-dealkylation sites (tertiary alicyclic amines) is 1. The summed E-state index contributed by atoms with van der Waals surface area (Å²) in [5, 5.41) is 0. The first-order valence-electron chi connectivity index (χ1n) is 12.2. The van der Waals surface area contributed by atoms with E-state index in [9.17, 15) is 13.6 Å². The van der Waals surface area contributed by atoms with Crippen molar-refractivity contribution in [1.29, 1.82) is 0 Å². The van der Waals surface area contributed by atoms with Crippen LogP contribution < -0.4 is 4.74 Å². The third-order valence-corrected chi connectivity index (χ3v) is 7.02. The molecule has 1 amide bonds. The molecule has 6 nitrogen and oxygen atoms in total. The van der Waals surface area contributed by atoms with Gasteiger partial charge in [0.05, 0.1) is 23.6 Å². The zero-order chi connectivity index (χ0) is 24.6. The molecule has 2 unspecified atom stereocenters. The molecule has 2 atom stereocenters. The van der Waals surface area contributed by atoms with Gasteiger partial charge < -0.3 is 14.6 Å². The molecular formula is C28H26F2N4O2. The Morgan fingerprint density at radius 3 is 2.81 bits per heavy atom. The average Bonchev–Trinajstić information content (AvgIpc) is 3.47. The molecule has 8 heteroatoms. The van der Waals surface area contributed by atoms with Gasteiger partial charge in [-0.15, -0.1) is 0 Å². The Morgan fingerprint density at radius 1 is 1.08 bits per heavy atom. The SMILES string of the molecule is O=C(CN1Cc2ccccc2OC(c2ccccc2F)C1)N1CCCC1c1nc2ccc(F)cc2[nH]1. The van der Waals surface area contributed by atoms with Gasteiger partial charge in [0.15, 0.2) is 0 Å². The number of imidazole rings is 1. The maximum absolute atomic E-state index is 14.7. The van der Waals surface area contributed by atoms with E-state index in [1.165, 1.54) is 18.2 Å². The number of carbonyl (C=O) groups is 1. The Balaban J connectivity index is 1.25. The second-order valence-electron chi connectivity index (χ2n) is 9.43. The molecule has 0 saturated carbocycles. The monoisotopic (exact) mass is 488 g/mol. The van der Waals surface area contributed by atoms with Crippen molar-refractivity contribution in [1.82, 2.24) is 19.8 Å². The summed E-state index contributed by atoms with van der Waals surface area (Å²) < 4.78 is 34.6. The van der Waals surface area contributed by atoms with Crippen molar-refractivity contribution in [3.05, 3.63) is 95.3 Å². The Hall–Kier alpha value is -3.78. The van der Waals surface area contributed by atoms with Gasteiger partial charge in [-0.2, -0.15) is 0 Å². The fraction of sp³-hybridized carbons (Fsp3) is 0.286. The van der Waals surface area contributed by atoms with E-state index >= 15 is 0 Å². The smallest absolute Gasteiger partial charge is 0.237 e. The third kappa shape index (κ3) is 4.33. The Kier molecular flexibility index (Phi) is 5.89. The maximum atomic E-state index is 14.7. The molecule has 4 aromatic rings. The summed E-state index contributed by atoms with van der Waals surface area (Å²) in [6, 6.07) is 18.6. The van der Waals surface area contributed by atoms with E-state index in [2.05, 4.69) is 9.97 Å². The van der Waals surface area contributed by atoms with Crippen LogP contribution in [0.15, 0.2) is 66.7 Å². The van der Waals surface area contributed by atoms with Crippen molar-refractivity contribution in [3.8, 4) is 5.75 Å². The average molecular weight is 489 g/mol. The molecule has 1 fully saturated rings. The number of nitrogens with zero attached hydrogens (tertiary/aromatic N) is 3. The van der Waals surface area contributed by atoms with Crippen LogP contribution in [0.3, 0.4) is 0 Å². The van der Waals surface area contributed by atoms with Crippen LogP contribution in [0.4, 0.5) is 8.78 Å². The predicted molar refractivity (Wildman–Crippen MR) is 131 cm³/mol. The number of fused-ring (bicyclic) bond motifs is 2. The lowest BCUT2D eigenvalue weighted by Crippen LogP contribution is -2.41. The minimum atomic E-state index is -0.540. The summed E-state index contributed by atoms with van der Waals surface area (Å²) in [7, 11) is 0. The van der Waals surface area contributed by atoms with Crippen LogP contribution in [0.1, 0.15) is 41.9 Å². The first-order valence-corrected chi connectivity index (χ1v) is 12.2. The van der Waals surface area contributed by atoms with Crippen LogP contribution in [0, 0.1) is 11.6 Å². The fourth-order valence-corrected chi connectivity index (χ4v) is 5.29. The summed E-state index contributed by atoms with van der Waals surface area (Å²) in [6.07, 6.45) is 1.12. The number of ether oxygens (including phenoxy) is 1. The highest BCUT2D eigenvalue weighted by Gasteiger charge is 2.34. The molecule has 0 radical (unpaired) electrons. The molecule has 0 aliphatic carbocycles. The van der Waals surface area contributed by atoms with E-state index in [-0.39, 0.29) is 30.1 Å². The van der Waals surface area contributed by atoms with E-state index in [1.807, 2.05) is 34.1 Å². The van der Waals surface area contributed by atoms with E-state index in [0.29, 0.717) is 47.8 Å². The van der Waals surface area contributed by atoms with Gasteiger partial charge in [0.2, 0.25) is 5.91 Å². The van der Waals surface area contributed by atoms with Gasteiger partial charge in [0, 0.05) is 30.8 Å². The highest BCUT2D eigenvalue weighted by atomic mass is 19.1. The molecule has 1 aromatic heterocycles. The number of carbonyl (C=O) groups excluding carboxylic acids is 1. The van der Waals surface area contributed by atoms with Gasteiger partial charge in [0.1, 0.15) is 29.3 Å². The van der Waals surface area contributed by atoms with Crippen molar-refractivity contribution in [2.24, 2.45) is 0 Å². The summed E-state index contributed by atoms with van der Waals surface area (Å²) in [4.78, 5) is 25.3. The van der Waals surface area contributed by atoms with Crippen molar-refractivity contribution >= 4 is 16.9 Å². The topological polar surface area (TPSA) is 61.5 Å². The third-order valence-electron chi connectivity index (χ3n) is 7.02. The number of rotatable bonds is 4. The summed E-state index contributed by atoms with van der Waals surface area (Å²) in [5.41, 5.74) is 2.74. The van der Waals surface area contributed by atoms with Gasteiger partial charge >= 0.3 is 0 Å². The van der Waals surface area contributed by atoms with Crippen molar-refractivity contribution in [3.63, 3.8) is 0 Å². The van der Waals surface area contributed by atoms with E-state index < -0.39 is 6.10 Å². The summed E-state index contributed by atoms with van der Waals surface area (Å²) in [5.74, 6) is 0.708. The number of halogens is 2. The molecule has 6 rings (SSSR count). The second kappa shape index (κ2) is 9.35. The number of nitrogens with one attached hydrogen (secondary N) is 1. The Morgan fingerprint density at radius 2 is 1.92 bits per heavy atom. The minimum absolute atomic E-state index is 0.0178. The number of H-pyrrole nitrogens is 1. The van der Waals surface area contributed by atoms with Crippen molar-refractivity contribution < 1.29 is 18.3 Å². The Labute approximate surface area is 207 Å². The lowest BCUT2D eigenvalue weighted by atomic mass is 10.1. The van der Waals surface area contributed by atoms with Gasteiger partial charge in [-0.1, -0.05) is 36.4 Å². The zero-order valence-corrected chi connectivity index (χ0v) is 19.7. The standard InChI is InChI=1S/C28H26F2N4O2/c29-19-11-12-22-23(14-19)32-28(31-22)24-9-5-13-34(24)27(35)17-33-15-18-6-1-4-10-25(18)36-26(16-33)20-7-2-3-8-21(20)30/h1-4,6-8,10-12,14,24,26H,5,9,13,15-17H2,(H,31,32). The van der Waals surface area contributed by atoms with Gasteiger partial charge in [-0.25, -0.2) is 13.8 Å². The highest BCUT2D eigenvalue weighted by Crippen LogP contribution is 2.34. The normalized spacial score (nSPS) is 20.2. The van der Waals surface area contributed by atoms with E-state index in [1.54, 1.807) is 24.3 Å². The molecule has 36 heavy (non-hydrogen) atoms. The first-order chi connectivity index (χ1) is 17.5. The number of benzene rings is 3. The fourth-order valence-electron chi connectivity index (χ4n) is 5.29. The number of aromatic nitrogens is 2. The molecule has 0 spiro atoms. The maximum Gasteiger partial charge on any atom is 0.237 e. The summed E-state index contributed by atoms with van der Waals surface area (Å²) in [6.45, 7) is 1.71. The first kappa shape index (κ1) is 22.7. The highest BCUT2D eigenvalue weighted by molar-refractivity contribution is 5.79. The van der Waals surface area contributed by atoms with Crippen molar-refractivity contribution in [2.75, 3.05) is 19.6 Å². The quantitative estimate of drug-likeness (QED) is 0.432.